The summed E-state index contributed by atoms with van der Waals surface area (Å²) in [4.78, 5) is 0. The van der Waals surface area contributed by atoms with E-state index >= 15 is 0 Å². The van der Waals surface area contributed by atoms with Crippen LogP contribution in [0.15, 0.2) is 24.3 Å². The topological polar surface area (TPSA) is 9.23 Å². The van der Waals surface area contributed by atoms with Crippen molar-refractivity contribution in [1.29, 1.82) is 0 Å². The molecule has 2 fully saturated rings. The highest BCUT2D eigenvalue weighted by Gasteiger charge is 2.28. The van der Waals surface area contributed by atoms with Crippen molar-refractivity contribution in [3.8, 4) is 5.75 Å². The van der Waals surface area contributed by atoms with Crippen LogP contribution in [0.2, 0.25) is 0 Å². The van der Waals surface area contributed by atoms with Crippen LogP contribution in [0.25, 0.3) is 0 Å². The molecule has 5 heteroatoms. The van der Waals surface area contributed by atoms with Gasteiger partial charge in [-0.05, 0) is 104 Å². The second-order valence-corrected chi connectivity index (χ2v) is 12.6. The molecule has 2 aliphatic carbocycles. The van der Waals surface area contributed by atoms with E-state index in [1.165, 1.54) is 19.3 Å². The molecule has 0 unspecified atom stereocenters. The van der Waals surface area contributed by atoms with Gasteiger partial charge >= 0.3 is 0 Å². The number of unbranched alkanes of at least 4 members (excludes halogenated alkanes) is 5. The Bertz CT molecular complexity index is 1070. The molecule has 0 atom stereocenters. The molecule has 0 aromatic heterocycles. The van der Waals surface area contributed by atoms with E-state index in [4.69, 9.17) is 4.74 Å². The van der Waals surface area contributed by atoms with E-state index in [2.05, 4.69) is 13.8 Å². The van der Waals surface area contributed by atoms with Crippen LogP contribution in [0, 0.1) is 35.1 Å². The minimum atomic E-state index is -0.880. The largest absolute Gasteiger partial charge is 0.490 e. The first kappa shape index (κ1) is 30.9. The Kier molecular flexibility index (Phi) is 11.8. The van der Waals surface area contributed by atoms with E-state index in [0.717, 1.165) is 77.0 Å². The monoisotopic (exact) mass is 560 g/mol. The molecule has 0 saturated heterocycles. The average molecular weight is 561 g/mol. The predicted molar refractivity (Wildman–Crippen MR) is 155 cm³/mol. The number of aryl methyl sites for hydroxylation is 1. The third-order valence-corrected chi connectivity index (χ3v) is 9.59. The Morgan fingerprint density at radius 2 is 1.23 bits per heavy atom. The van der Waals surface area contributed by atoms with Gasteiger partial charge in [-0.1, -0.05) is 77.0 Å². The van der Waals surface area contributed by atoms with Gasteiger partial charge in [0.05, 0.1) is 6.61 Å². The van der Waals surface area contributed by atoms with Crippen molar-refractivity contribution >= 4 is 0 Å². The van der Waals surface area contributed by atoms with Crippen molar-refractivity contribution in [3.63, 3.8) is 0 Å². The molecule has 2 aliphatic rings. The van der Waals surface area contributed by atoms with Crippen molar-refractivity contribution in [2.45, 2.75) is 128 Å². The Hall–Kier alpha value is -2.04. The fourth-order valence-electron chi connectivity index (χ4n) is 6.84. The van der Waals surface area contributed by atoms with Gasteiger partial charge in [0.2, 0.25) is 5.82 Å². The first-order valence-electron chi connectivity index (χ1n) is 16.0. The fourth-order valence-corrected chi connectivity index (χ4v) is 6.84. The minimum Gasteiger partial charge on any atom is -0.490 e. The lowest BCUT2D eigenvalue weighted by Gasteiger charge is -2.29. The number of ether oxygens (including phenoxy) is 1. The minimum absolute atomic E-state index is 0.00168. The normalized spacial score (nSPS) is 23.4. The Morgan fingerprint density at radius 1 is 0.650 bits per heavy atom. The summed E-state index contributed by atoms with van der Waals surface area (Å²) in [6.07, 6.45) is 15.3. The van der Waals surface area contributed by atoms with Gasteiger partial charge in [-0.2, -0.15) is 4.39 Å². The lowest BCUT2D eigenvalue weighted by molar-refractivity contribution is 0.280. The molecule has 0 radical (unpaired) electrons. The van der Waals surface area contributed by atoms with Gasteiger partial charge in [0.15, 0.2) is 23.2 Å². The molecule has 0 N–H and O–H groups in total. The summed E-state index contributed by atoms with van der Waals surface area (Å²) in [6.45, 7) is 4.81. The number of halogens is 4. The summed E-state index contributed by atoms with van der Waals surface area (Å²) in [7, 11) is 0. The highest BCUT2D eigenvalue weighted by atomic mass is 19.2. The fraction of sp³-hybridized carbons (Fsp3) is 0.657. The molecule has 1 nitrogen and oxygen atoms in total. The van der Waals surface area contributed by atoms with Crippen molar-refractivity contribution < 1.29 is 22.3 Å². The van der Waals surface area contributed by atoms with Crippen LogP contribution < -0.4 is 4.74 Å². The van der Waals surface area contributed by atoms with Gasteiger partial charge in [-0.25, -0.2) is 13.2 Å². The molecule has 0 heterocycles. The predicted octanol–water partition coefficient (Wildman–Crippen LogP) is 11.2. The van der Waals surface area contributed by atoms with Gasteiger partial charge in [-0.3, -0.25) is 0 Å². The van der Waals surface area contributed by atoms with Crippen LogP contribution in [0.5, 0.6) is 5.75 Å². The van der Waals surface area contributed by atoms with Crippen molar-refractivity contribution in [3.05, 3.63) is 64.2 Å². The summed E-state index contributed by atoms with van der Waals surface area (Å²) in [5.74, 6) is -1.84. The molecular weight excluding hydrogens is 512 g/mol. The molecule has 4 rings (SSSR count). The number of benzene rings is 2. The quantitative estimate of drug-likeness (QED) is 0.175. The Balaban J connectivity index is 1.24. The van der Waals surface area contributed by atoms with E-state index in [1.807, 2.05) is 6.07 Å². The molecule has 0 bridgehead atoms. The van der Waals surface area contributed by atoms with Gasteiger partial charge in [0, 0.05) is 0 Å². The lowest BCUT2D eigenvalue weighted by Crippen LogP contribution is -2.16. The zero-order valence-corrected chi connectivity index (χ0v) is 24.6. The van der Waals surface area contributed by atoms with Crippen molar-refractivity contribution in [1.82, 2.24) is 0 Å². The molecule has 0 aliphatic heterocycles. The average Bonchev–Trinajstić information content (AvgIpc) is 2.96. The third-order valence-electron chi connectivity index (χ3n) is 9.59. The second kappa shape index (κ2) is 15.3. The molecular formula is C35H48F4O. The number of hydrogen-bond donors (Lipinski definition) is 0. The summed E-state index contributed by atoms with van der Waals surface area (Å²) >= 11 is 0. The summed E-state index contributed by atoms with van der Waals surface area (Å²) in [5.41, 5.74) is 1.43. The maximum atomic E-state index is 15.0. The molecule has 222 valence electrons. The molecule has 0 amide bonds. The molecule has 2 aromatic rings. The highest BCUT2D eigenvalue weighted by molar-refractivity contribution is 5.33. The maximum Gasteiger partial charge on any atom is 0.200 e. The van der Waals surface area contributed by atoms with Crippen LogP contribution in [0.3, 0.4) is 0 Å². The van der Waals surface area contributed by atoms with Crippen LogP contribution in [-0.2, 0) is 6.42 Å². The summed E-state index contributed by atoms with van der Waals surface area (Å²) in [6, 6.07) is 6.85. The first-order valence-corrected chi connectivity index (χ1v) is 16.0. The van der Waals surface area contributed by atoms with Crippen LogP contribution >= 0.6 is 0 Å². The van der Waals surface area contributed by atoms with E-state index in [0.29, 0.717) is 41.6 Å². The highest BCUT2D eigenvalue weighted by Crippen LogP contribution is 2.41. The van der Waals surface area contributed by atoms with E-state index in [9.17, 15) is 17.6 Å². The second-order valence-electron chi connectivity index (χ2n) is 12.6. The van der Waals surface area contributed by atoms with Crippen molar-refractivity contribution in [2.75, 3.05) is 6.61 Å². The van der Waals surface area contributed by atoms with Crippen LogP contribution in [0.4, 0.5) is 17.6 Å². The maximum absolute atomic E-state index is 15.0. The first-order chi connectivity index (χ1) is 19.4. The van der Waals surface area contributed by atoms with Gasteiger partial charge in [-0.15, -0.1) is 0 Å². The van der Waals surface area contributed by atoms with Crippen LogP contribution in [0.1, 0.15) is 139 Å². The summed E-state index contributed by atoms with van der Waals surface area (Å²) in [5, 5.41) is 0. The van der Waals surface area contributed by atoms with Crippen molar-refractivity contribution in [2.24, 2.45) is 11.8 Å². The zero-order valence-electron chi connectivity index (χ0n) is 24.6. The SMILES string of the molecule is CCCCCCCCOc1ccc(C2CCC(CCc3ccc(C4CCC(C)CC4)c(F)c3F)CC2)c(F)c1F. The van der Waals surface area contributed by atoms with Crippen LogP contribution in [-0.4, -0.2) is 6.61 Å². The Labute approximate surface area is 239 Å². The smallest absolute Gasteiger partial charge is 0.200 e. The number of rotatable bonds is 13. The van der Waals surface area contributed by atoms with Gasteiger partial charge in [0.1, 0.15) is 0 Å². The van der Waals surface area contributed by atoms with E-state index < -0.39 is 23.3 Å². The standard InChI is InChI=1S/C35H48F4O/c1-3-4-5-6-7-8-23-40-31-22-21-30(34(38)35(31)39)27-16-11-25(12-17-27)13-18-28-19-20-29(33(37)32(28)36)26-14-9-24(2)10-15-26/h19-22,24-27H,3-18,23H2,1-2H3. The molecule has 2 aromatic carbocycles. The Morgan fingerprint density at radius 3 is 1.90 bits per heavy atom. The van der Waals surface area contributed by atoms with Gasteiger partial charge < -0.3 is 4.74 Å². The van der Waals surface area contributed by atoms with E-state index in [-0.39, 0.29) is 17.6 Å². The number of hydrogen-bond acceptors (Lipinski definition) is 1. The molecule has 2 saturated carbocycles. The third kappa shape index (κ3) is 8.03. The van der Waals surface area contributed by atoms with Gasteiger partial charge in [0.25, 0.3) is 0 Å². The zero-order chi connectivity index (χ0) is 28.5. The molecule has 0 spiro atoms. The summed E-state index contributed by atoms with van der Waals surface area (Å²) < 4.78 is 65.1. The van der Waals surface area contributed by atoms with E-state index in [1.54, 1.807) is 18.2 Å². The molecule has 40 heavy (non-hydrogen) atoms. The lowest BCUT2D eigenvalue weighted by atomic mass is 9.76.